The summed E-state index contributed by atoms with van der Waals surface area (Å²) in [6, 6.07) is 7.58. The second-order valence-electron chi connectivity index (χ2n) is 7.55. The van der Waals surface area contributed by atoms with Crippen LogP contribution in [0.2, 0.25) is 0 Å². The van der Waals surface area contributed by atoms with E-state index in [2.05, 4.69) is 4.98 Å². The van der Waals surface area contributed by atoms with Crippen LogP contribution in [0.25, 0.3) is 5.69 Å². The Kier molecular flexibility index (Phi) is 6.10. The molecule has 1 aromatic carbocycles. The van der Waals surface area contributed by atoms with Gasteiger partial charge in [-0.05, 0) is 49.4 Å². The van der Waals surface area contributed by atoms with Crippen LogP contribution in [0.1, 0.15) is 33.5 Å². The van der Waals surface area contributed by atoms with Crippen molar-refractivity contribution in [3.8, 4) is 11.6 Å². The molecule has 0 spiro atoms. The van der Waals surface area contributed by atoms with Gasteiger partial charge in [0, 0.05) is 18.0 Å². The smallest absolute Gasteiger partial charge is 0.493 e. The number of hydrogen-bond donors (Lipinski definition) is 2. The van der Waals surface area contributed by atoms with Crippen molar-refractivity contribution in [2.75, 3.05) is 0 Å². The lowest BCUT2D eigenvalue weighted by molar-refractivity contribution is -0.0436. The van der Waals surface area contributed by atoms with Gasteiger partial charge in [-0.1, -0.05) is 0 Å². The summed E-state index contributed by atoms with van der Waals surface area (Å²) >= 11 is 0. The van der Waals surface area contributed by atoms with E-state index in [1.807, 2.05) is 0 Å². The normalized spacial score (nSPS) is 13.0. The van der Waals surface area contributed by atoms with Gasteiger partial charge < -0.3 is 15.3 Å². The molecule has 4 rings (SSSR count). The van der Waals surface area contributed by atoms with Gasteiger partial charge in [0.05, 0.1) is 28.1 Å². The second-order valence-corrected chi connectivity index (χ2v) is 9.50. The van der Waals surface area contributed by atoms with Crippen LogP contribution < -0.4 is 11.4 Å². The lowest BCUT2D eigenvalue weighted by atomic mass is 10.0. The van der Waals surface area contributed by atoms with Crippen molar-refractivity contribution >= 4 is 15.6 Å². The quantitative estimate of drug-likeness (QED) is 0.367. The van der Waals surface area contributed by atoms with Crippen LogP contribution in [-0.2, 0) is 9.84 Å². The summed E-state index contributed by atoms with van der Waals surface area (Å²) in [6.45, 7) is 1.37. The number of carbonyl (C=O) groups excluding carboxylic acids is 1. The van der Waals surface area contributed by atoms with Crippen molar-refractivity contribution in [2.45, 2.75) is 23.5 Å². The van der Waals surface area contributed by atoms with Gasteiger partial charge in [0.1, 0.15) is 6.17 Å². The van der Waals surface area contributed by atoms with Crippen LogP contribution in [-0.4, -0.2) is 38.9 Å². The number of aromatic hydroxyl groups is 1. The number of benzene rings is 1. The van der Waals surface area contributed by atoms with Crippen molar-refractivity contribution in [1.29, 1.82) is 0 Å². The Hall–Kier alpha value is -4.17. The molecule has 188 valence electrons. The number of sulfone groups is 1. The molecule has 0 amide bonds. The number of hydrogen-bond acceptors (Lipinski definition) is 8. The fraction of sp³-hybridized carbons (Fsp3) is 0.136. The highest BCUT2D eigenvalue weighted by Crippen LogP contribution is 2.31. The molecule has 14 heteroatoms. The number of nitrogens with zero attached hydrogens (tertiary/aromatic N) is 3. The molecule has 10 nitrogen and oxygen atoms in total. The molecule has 0 fully saturated rings. The molecule has 3 heterocycles. The maximum atomic E-state index is 13.2. The van der Waals surface area contributed by atoms with E-state index in [0.29, 0.717) is 12.1 Å². The predicted molar refractivity (Wildman–Crippen MR) is 118 cm³/mol. The number of furan rings is 1. The molecule has 3 aromatic heterocycles. The largest absolute Gasteiger partial charge is 0.501 e. The van der Waals surface area contributed by atoms with E-state index in [4.69, 9.17) is 10.2 Å². The Morgan fingerprint density at radius 3 is 2.42 bits per heavy atom. The molecular formula is C22H17F3N4O6S. The highest BCUT2D eigenvalue weighted by atomic mass is 32.2. The lowest BCUT2D eigenvalue weighted by Crippen LogP contribution is -2.33. The number of nitrogens with two attached hydrogens (primary N) is 1. The maximum Gasteiger partial charge on any atom is 0.501 e. The highest BCUT2D eigenvalue weighted by Gasteiger charge is 2.46. The monoisotopic (exact) mass is 522 g/mol. The Morgan fingerprint density at radius 2 is 1.83 bits per heavy atom. The van der Waals surface area contributed by atoms with Crippen molar-refractivity contribution in [1.82, 2.24) is 14.1 Å². The zero-order chi connectivity index (χ0) is 26.4. The summed E-state index contributed by atoms with van der Waals surface area (Å²) in [5, 5.41) is 10.6. The zero-order valence-electron chi connectivity index (χ0n) is 18.3. The molecule has 0 saturated heterocycles. The molecule has 36 heavy (non-hydrogen) atoms. The van der Waals surface area contributed by atoms with Gasteiger partial charge in [0.25, 0.3) is 9.84 Å². The Morgan fingerprint density at radius 1 is 1.17 bits per heavy atom. The van der Waals surface area contributed by atoms with E-state index in [-0.39, 0.29) is 28.3 Å². The minimum atomic E-state index is -5.60. The van der Waals surface area contributed by atoms with Crippen LogP contribution in [0.4, 0.5) is 13.2 Å². The number of carbonyl (C=O) groups is 1. The summed E-state index contributed by atoms with van der Waals surface area (Å²) in [6.07, 6.45) is 2.62. The Bertz CT molecular complexity index is 1600. The third-order valence-corrected chi connectivity index (χ3v) is 6.95. The first-order chi connectivity index (χ1) is 16.9. The van der Waals surface area contributed by atoms with Crippen molar-refractivity contribution in [2.24, 2.45) is 5.73 Å². The summed E-state index contributed by atoms with van der Waals surface area (Å²) in [7, 11) is -5.60. The van der Waals surface area contributed by atoms with E-state index in [9.17, 15) is 36.3 Å². The van der Waals surface area contributed by atoms with Gasteiger partial charge >= 0.3 is 11.2 Å². The fourth-order valence-electron chi connectivity index (χ4n) is 3.61. The highest BCUT2D eigenvalue weighted by molar-refractivity contribution is 7.92. The van der Waals surface area contributed by atoms with Gasteiger partial charge in [-0.3, -0.25) is 14.3 Å². The average Bonchev–Trinajstić information content (AvgIpc) is 3.45. The van der Waals surface area contributed by atoms with E-state index in [0.717, 1.165) is 21.3 Å². The predicted octanol–water partition coefficient (Wildman–Crippen LogP) is 2.67. The number of ketones is 1. The molecule has 0 saturated carbocycles. The minimum Gasteiger partial charge on any atom is -0.493 e. The summed E-state index contributed by atoms with van der Waals surface area (Å²) < 4.78 is 68.5. The maximum absolute atomic E-state index is 13.2. The molecule has 4 aromatic rings. The molecule has 1 unspecified atom stereocenters. The Balaban J connectivity index is 1.78. The Labute approximate surface area is 201 Å². The number of alkyl halides is 3. The SMILES string of the molecule is Cc1c(O)n(-c2ccc(S(=O)(=O)C(F)(F)F)cc2)c(=O)n1C(N)c1ccncc1C(=O)c1ccco1. The van der Waals surface area contributed by atoms with Crippen molar-refractivity contribution < 1.29 is 35.9 Å². The average molecular weight is 522 g/mol. The van der Waals surface area contributed by atoms with E-state index >= 15 is 0 Å². The minimum absolute atomic E-state index is 0.00911. The second kappa shape index (κ2) is 8.80. The van der Waals surface area contributed by atoms with E-state index < -0.39 is 43.8 Å². The lowest BCUT2D eigenvalue weighted by Gasteiger charge is -2.17. The van der Waals surface area contributed by atoms with Gasteiger partial charge in [0.2, 0.25) is 11.7 Å². The van der Waals surface area contributed by atoms with Crippen LogP contribution in [0, 0.1) is 6.92 Å². The van der Waals surface area contributed by atoms with Crippen molar-refractivity contribution in [3.05, 3.63) is 94.2 Å². The van der Waals surface area contributed by atoms with Crippen LogP contribution >= 0.6 is 0 Å². The molecule has 0 aliphatic carbocycles. The first-order valence-electron chi connectivity index (χ1n) is 10.1. The van der Waals surface area contributed by atoms with E-state index in [1.54, 1.807) is 0 Å². The standard InChI is InChI=1S/C22H17F3N4O6S/c1-12-20(31)29(13-4-6-14(7-5-13)36(33,34)22(23,24)25)21(32)28(12)19(26)15-8-9-27-11-16(15)18(30)17-3-2-10-35-17/h2-11,19,31H,26H2,1H3. The first-order valence-corrected chi connectivity index (χ1v) is 11.6. The molecule has 0 aliphatic rings. The third kappa shape index (κ3) is 3.99. The number of imidazole rings is 1. The van der Waals surface area contributed by atoms with Crippen LogP contribution in [0.3, 0.4) is 0 Å². The molecule has 0 bridgehead atoms. The number of rotatable bonds is 6. The summed E-state index contributed by atoms with van der Waals surface area (Å²) in [5.41, 5.74) is 0.0126. The summed E-state index contributed by atoms with van der Waals surface area (Å²) in [4.78, 5) is 29.0. The van der Waals surface area contributed by atoms with Gasteiger partial charge in [-0.15, -0.1) is 0 Å². The topological polar surface area (TPSA) is 150 Å². The number of pyridine rings is 1. The third-order valence-electron chi connectivity index (χ3n) is 5.45. The number of halogens is 3. The molecule has 1 atom stereocenters. The molecule has 0 aliphatic heterocycles. The van der Waals surface area contributed by atoms with E-state index in [1.165, 1.54) is 43.8 Å². The van der Waals surface area contributed by atoms with Gasteiger partial charge in [-0.2, -0.15) is 13.2 Å². The molecule has 3 N–H and O–H groups in total. The summed E-state index contributed by atoms with van der Waals surface area (Å²) in [5.74, 6) is -1.13. The van der Waals surface area contributed by atoms with Crippen LogP contribution in [0.5, 0.6) is 5.88 Å². The fourth-order valence-corrected chi connectivity index (χ4v) is 4.37. The van der Waals surface area contributed by atoms with Crippen LogP contribution in [0.15, 0.2) is 75.2 Å². The molecular weight excluding hydrogens is 505 g/mol. The van der Waals surface area contributed by atoms with Gasteiger partial charge in [0.15, 0.2) is 5.76 Å². The molecule has 0 radical (unpaired) electrons. The number of aromatic nitrogens is 3. The zero-order valence-corrected chi connectivity index (χ0v) is 19.1. The van der Waals surface area contributed by atoms with Crippen molar-refractivity contribution in [3.63, 3.8) is 0 Å². The first kappa shape index (κ1) is 24.9. The van der Waals surface area contributed by atoms with Gasteiger partial charge in [-0.25, -0.2) is 17.8 Å².